The maximum absolute atomic E-state index is 12.6. The minimum Gasteiger partial charge on any atom is -0.448 e. The Balaban J connectivity index is 0.000000185. The van der Waals surface area contributed by atoms with Crippen LogP contribution < -0.4 is 15.8 Å². The largest absolute Gasteiger partial charge is 0.513 e. The summed E-state index contributed by atoms with van der Waals surface area (Å²) < 4.78 is 30.3. The second-order valence-corrected chi connectivity index (χ2v) is 23.7. The molecule has 0 aliphatic carbocycles. The van der Waals surface area contributed by atoms with Gasteiger partial charge in [-0.1, -0.05) is 70.1 Å². The minimum atomic E-state index is -0.990. The van der Waals surface area contributed by atoms with Gasteiger partial charge in [0.25, 0.3) is 5.69 Å². The Kier molecular flexibility index (Phi) is 22.9. The molecule has 0 saturated carbocycles. The summed E-state index contributed by atoms with van der Waals surface area (Å²) >= 11 is 0. The van der Waals surface area contributed by atoms with Gasteiger partial charge in [-0.05, 0) is 112 Å². The highest BCUT2D eigenvalue weighted by molar-refractivity contribution is 8.77. The van der Waals surface area contributed by atoms with E-state index in [4.69, 9.17) is 34.4 Å². The summed E-state index contributed by atoms with van der Waals surface area (Å²) in [7, 11) is 6.08. The van der Waals surface area contributed by atoms with E-state index < -0.39 is 28.4 Å². The number of non-ortho nitro benzene ring substituents is 1. The van der Waals surface area contributed by atoms with E-state index in [0.29, 0.717) is 78.4 Å². The molecule has 82 heavy (non-hydrogen) atoms. The van der Waals surface area contributed by atoms with Gasteiger partial charge in [0.05, 0.1) is 51.3 Å². The summed E-state index contributed by atoms with van der Waals surface area (Å²) in [4.78, 5) is 60.9. The number of hydrogen-bond donors (Lipinski definition) is 4. The first-order valence-corrected chi connectivity index (χ1v) is 30.4. The highest BCUT2D eigenvalue weighted by Crippen LogP contribution is 2.34. The minimum absolute atomic E-state index is 0.0753. The van der Waals surface area contributed by atoms with Gasteiger partial charge in [0, 0.05) is 60.0 Å². The van der Waals surface area contributed by atoms with Gasteiger partial charge >= 0.3 is 12.2 Å². The van der Waals surface area contributed by atoms with Gasteiger partial charge in [0.15, 0.2) is 11.6 Å². The molecule has 0 atom stereocenters. The Morgan fingerprint density at radius 2 is 1.15 bits per heavy atom. The second-order valence-electron chi connectivity index (χ2n) is 18.9. The molecule has 0 radical (unpaired) electrons. The van der Waals surface area contributed by atoms with Crippen molar-refractivity contribution >= 4 is 117 Å². The summed E-state index contributed by atoms with van der Waals surface area (Å²) in [5, 5.41) is 37.8. The number of nitro benzene ring substituents is 1. The Hall–Kier alpha value is -7.30. The van der Waals surface area contributed by atoms with Crippen LogP contribution >= 0.6 is 43.2 Å². The van der Waals surface area contributed by atoms with Crippen LogP contribution in [0, 0.1) is 10.1 Å². The van der Waals surface area contributed by atoms with Crippen molar-refractivity contribution in [3.05, 3.63) is 143 Å². The number of imidazole rings is 2. The number of carbonyl (C=O) groups is 2. The topological polar surface area (TPSA) is 289 Å². The number of rotatable bonds is 23. The van der Waals surface area contributed by atoms with Crippen molar-refractivity contribution in [3.8, 4) is 5.75 Å². The monoisotopic (exact) mass is 1190 g/mol. The van der Waals surface area contributed by atoms with Crippen LogP contribution in [0.1, 0.15) is 53.2 Å². The number of aliphatic hydroxyl groups is 2. The average Bonchev–Trinajstić information content (AvgIpc) is 4.02. The highest BCUT2D eigenvalue weighted by Gasteiger charge is 2.25. The van der Waals surface area contributed by atoms with Crippen molar-refractivity contribution in [1.82, 2.24) is 39.0 Å². The number of ether oxygens (including phenoxy) is 5. The molecule has 9 rings (SSSR count). The molecule has 432 valence electrons. The van der Waals surface area contributed by atoms with Crippen LogP contribution in [0.4, 0.5) is 26.9 Å². The first-order valence-electron chi connectivity index (χ1n) is 25.8. The SMILES string of the molecule is CCOCc1nc2c(N)nc3ccccc3c2n1CC(C)(C)O.CCOCc1nc2c(NC(=O)OCCSSc3ccccn3)nc3ccccc3c2n1CC(C)(C)O.O=C(OCCSSc1ccccn1)Oc1ccc([N+](=O)[O-])cc1. The number of amides is 1. The summed E-state index contributed by atoms with van der Waals surface area (Å²) in [6, 6.07) is 32.0. The molecule has 0 bridgehead atoms. The summed E-state index contributed by atoms with van der Waals surface area (Å²) in [6.45, 7) is 13.8. The standard InChI is InChI=1S/C25H29N5O4S2.C17H22N4O2.C14H12N2O5S2/c1-4-33-15-19-28-21-22(30(19)16-25(2,3)32)17-9-5-6-10-18(17)27-23(21)29-24(31)34-13-14-35-36-20-11-7-8-12-26-20;1-4-23-9-13-20-14-15(21(13)10-17(2,3)22)11-7-5-6-8-12(11)19-16(14)18;17-14(21-12-6-4-11(5-7-12)16(18)19)20-9-10-22-23-13-3-1-2-8-15-13/h5-12,32H,4,13-16H2,1-3H3,(H,27,29,31);5-8,22H,4,9-10H2,1-3H3,(H2,18,19);1-8H,9-10H2. The summed E-state index contributed by atoms with van der Waals surface area (Å²) in [5.41, 5.74) is 8.51. The number of nitrogens with one attached hydrogen (secondary N) is 1. The lowest BCUT2D eigenvalue weighted by atomic mass is 10.1. The average molecular weight is 1190 g/mol. The number of benzene rings is 3. The van der Waals surface area contributed by atoms with E-state index >= 15 is 0 Å². The number of carbonyl (C=O) groups excluding carboxylic acids is 2. The Bertz CT molecular complexity index is 3550. The number of para-hydroxylation sites is 2. The van der Waals surface area contributed by atoms with Crippen LogP contribution in [0.2, 0.25) is 0 Å². The molecule has 6 aromatic heterocycles. The number of anilines is 2. The Labute approximate surface area is 488 Å². The molecule has 0 aliphatic rings. The van der Waals surface area contributed by atoms with E-state index in [1.807, 2.05) is 108 Å². The van der Waals surface area contributed by atoms with E-state index in [2.05, 4.69) is 30.2 Å². The molecule has 0 fully saturated rings. The molecule has 26 heteroatoms. The van der Waals surface area contributed by atoms with E-state index in [9.17, 15) is 29.9 Å². The van der Waals surface area contributed by atoms with Crippen molar-refractivity contribution < 1.29 is 48.4 Å². The smallest absolute Gasteiger partial charge is 0.448 e. The molecule has 6 heterocycles. The van der Waals surface area contributed by atoms with E-state index in [1.165, 1.54) is 56.6 Å². The van der Waals surface area contributed by atoms with Crippen molar-refractivity contribution in [3.63, 3.8) is 0 Å². The third-order valence-corrected chi connectivity index (χ3v) is 15.6. The fraction of sp³-hybridized carbons (Fsp3) is 0.321. The van der Waals surface area contributed by atoms with E-state index in [1.54, 1.807) is 50.9 Å². The van der Waals surface area contributed by atoms with Gasteiger partial charge in [0.1, 0.15) is 64.9 Å². The maximum atomic E-state index is 12.6. The molecule has 3 aromatic carbocycles. The molecule has 22 nitrogen and oxygen atoms in total. The van der Waals surface area contributed by atoms with Gasteiger partial charge < -0.3 is 48.8 Å². The summed E-state index contributed by atoms with van der Waals surface area (Å²) in [6.07, 6.45) is 2.00. The predicted molar refractivity (Wildman–Crippen MR) is 323 cm³/mol. The molecule has 0 aliphatic heterocycles. The van der Waals surface area contributed by atoms with Gasteiger partial charge in [-0.25, -0.2) is 39.5 Å². The second kappa shape index (κ2) is 30.1. The molecule has 0 saturated heterocycles. The van der Waals surface area contributed by atoms with Crippen LogP contribution in [-0.2, 0) is 45.3 Å². The first kappa shape index (κ1) is 62.3. The van der Waals surface area contributed by atoms with Crippen LogP contribution in [0.5, 0.6) is 5.75 Å². The van der Waals surface area contributed by atoms with E-state index in [0.717, 1.165) is 43.2 Å². The number of hydrogen-bond acceptors (Lipinski definition) is 22. The van der Waals surface area contributed by atoms with E-state index in [-0.39, 0.29) is 31.3 Å². The third kappa shape index (κ3) is 18.4. The lowest BCUT2D eigenvalue weighted by Gasteiger charge is -2.20. The zero-order valence-electron chi connectivity index (χ0n) is 45.9. The predicted octanol–water partition coefficient (Wildman–Crippen LogP) is 11.7. The summed E-state index contributed by atoms with van der Waals surface area (Å²) in [5.74, 6) is 3.46. The maximum Gasteiger partial charge on any atom is 0.513 e. The molecule has 9 aromatic rings. The first-order chi connectivity index (χ1) is 39.4. The van der Waals surface area contributed by atoms with Gasteiger partial charge in [-0.3, -0.25) is 15.4 Å². The van der Waals surface area contributed by atoms with Crippen molar-refractivity contribution in [2.75, 3.05) is 49.0 Å². The highest BCUT2D eigenvalue weighted by atomic mass is 33.1. The Morgan fingerprint density at radius 1 is 0.659 bits per heavy atom. The fourth-order valence-electron chi connectivity index (χ4n) is 7.81. The normalized spacial score (nSPS) is 11.5. The lowest BCUT2D eigenvalue weighted by molar-refractivity contribution is -0.384. The van der Waals surface area contributed by atoms with Gasteiger partial charge in [-0.15, -0.1) is 0 Å². The van der Waals surface area contributed by atoms with Crippen molar-refractivity contribution in [2.45, 2.75) is 89.1 Å². The molecule has 0 unspecified atom stereocenters. The quantitative estimate of drug-likeness (QED) is 0.0116. The van der Waals surface area contributed by atoms with Gasteiger partial charge in [-0.2, -0.15) is 0 Å². The number of fused-ring (bicyclic) bond motifs is 6. The molecule has 1 amide bonds. The Morgan fingerprint density at radius 3 is 1.65 bits per heavy atom. The van der Waals surface area contributed by atoms with Crippen LogP contribution in [0.15, 0.2) is 132 Å². The number of nitrogens with two attached hydrogens (primary N) is 1. The van der Waals surface area contributed by atoms with Crippen LogP contribution in [0.25, 0.3) is 43.9 Å². The number of nitrogen functional groups attached to an aromatic ring is 1. The van der Waals surface area contributed by atoms with Crippen LogP contribution in [-0.4, -0.2) is 116 Å². The molecule has 0 spiro atoms. The lowest BCUT2D eigenvalue weighted by Crippen LogP contribution is -2.27. The van der Waals surface area contributed by atoms with Gasteiger partial charge in [0.2, 0.25) is 0 Å². The zero-order valence-corrected chi connectivity index (χ0v) is 49.2. The van der Waals surface area contributed by atoms with Crippen LogP contribution in [0.3, 0.4) is 0 Å². The number of pyridine rings is 4. The fourth-order valence-corrected chi connectivity index (χ4v) is 11.2. The number of nitrogens with zero attached hydrogens (tertiary/aromatic N) is 9. The molecular weight excluding hydrogens is 1130 g/mol. The number of aromatic nitrogens is 8. The molecule has 5 N–H and O–H groups in total. The van der Waals surface area contributed by atoms with Crippen molar-refractivity contribution in [1.29, 1.82) is 0 Å². The third-order valence-electron chi connectivity index (χ3n) is 11.1. The zero-order chi connectivity index (χ0) is 58.7. The molecular formula is C56H63N11O11S4. The van der Waals surface area contributed by atoms with Crippen molar-refractivity contribution in [2.24, 2.45) is 0 Å². The number of nitro groups is 1.